The number of hydrogen-bond acceptors (Lipinski definition) is 4. The highest BCUT2D eigenvalue weighted by Crippen LogP contribution is 2.17. The van der Waals surface area contributed by atoms with E-state index < -0.39 is 0 Å². The quantitative estimate of drug-likeness (QED) is 0.811. The Morgan fingerprint density at radius 2 is 1.95 bits per heavy atom. The van der Waals surface area contributed by atoms with E-state index in [4.69, 9.17) is 12.2 Å². The first-order valence-electron chi connectivity index (χ1n) is 7.83. The number of nitrogens with zero attached hydrogens (tertiary/aromatic N) is 5. The molecule has 0 N–H and O–H groups in total. The Labute approximate surface area is 136 Å². The fourth-order valence-electron chi connectivity index (χ4n) is 2.85. The Hall–Kier alpha value is -1.66. The SMILES string of the molecule is CCn1cnn(CN2CCN(c3cccc(C)c3)CC2)c1=S. The molecule has 3 rings (SSSR count). The van der Waals surface area contributed by atoms with Crippen molar-refractivity contribution in [1.82, 2.24) is 19.2 Å². The molecule has 2 aromatic rings. The summed E-state index contributed by atoms with van der Waals surface area (Å²) in [5.74, 6) is 0. The fraction of sp³-hybridized carbons (Fsp3) is 0.500. The van der Waals surface area contributed by atoms with Crippen molar-refractivity contribution in [3.63, 3.8) is 0 Å². The maximum Gasteiger partial charge on any atom is 0.198 e. The lowest BCUT2D eigenvalue weighted by molar-refractivity contribution is 0.194. The molecular weight excluding hydrogens is 294 g/mol. The van der Waals surface area contributed by atoms with Gasteiger partial charge in [-0.25, -0.2) is 4.68 Å². The molecule has 1 aromatic carbocycles. The summed E-state index contributed by atoms with van der Waals surface area (Å²) in [6.45, 7) is 10.1. The molecule has 0 amide bonds. The molecule has 1 aliphatic heterocycles. The number of hydrogen-bond donors (Lipinski definition) is 0. The maximum atomic E-state index is 5.43. The second-order valence-electron chi connectivity index (χ2n) is 5.78. The van der Waals surface area contributed by atoms with E-state index in [1.54, 1.807) is 0 Å². The standard InChI is InChI=1S/C16H23N5S/c1-3-19-12-17-21(16(19)22)13-18-7-9-20(10-8-18)15-6-4-5-14(2)11-15/h4-6,11-12H,3,7-10,13H2,1-2H3. The summed E-state index contributed by atoms with van der Waals surface area (Å²) < 4.78 is 4.73. The molecule has 0 saturated carbocycles. The molecule has 1 aliphatic rings. The minimum absolute atomic E-state index is 0.785. The molecule has 0 spiro atoms. The van der Waals surface area contributed by atoms with Gasteiger partial charge in [0.15, 0.2) is 4.77 Å². The molecular formula is C16H23N5S. The summed E-state index contributed by atoms with van der Waals surface area (Å²) in [7, 11) is 0. The lowest BCUT2D eigenvalue weighted by atomic mass is 10.2. The van der Waals surface area contributed by atoms with Crippen LogP contribution in [0.2, 0.25) is 0 Å². The number of benzene rings is 1. The van der Waals surface area contributed by atoms with Gasteiger partial charge in [-0.3, -0.25) is 4.90 Å². The molecule has 0 bridgehead atoms. The third-order valence-electron chi connectivity index (χ3n) is 4.21. The minimum atomic E-state index is 0.785. The zero-order valence-corrected chi connectivity index (χ0v) is 14.1. The molecule has 1 saturated heterocycles. The Balaban J connectivity index is 1.60. The number of aryl methyl sites for hydroxylation is 2. The number of aromatic nitrogens is 3. The molecule has 1 fully saturated rings. The van der Waals surface area contributed by atoms with E-state index >= 15 is 0 Å². The summed E-state index contributed by atoms with van der Waals surface area (Å²) >= 11 is 5.43. The molecule has 0 unspecified atom stereocenters. The van der Waals surface area contributed by atoms with E-state index in [0.717, 1.165) is 44.2 Å². The molecule has 5 nitrogen and oxygen atoms in total. The van der Waals surface area contributed by atoms with Crippen LogP contribution >= 0.6 is 12.2 Å². The third-order valence-corrected chi connectivity index (χ3v) is 4.66. The van der Waals surface area contributed by atoms with Gasteiger partial charge in [0, 0.05) is 38.4 Å². The van der Waals surface area contributed by atoms with E-state index in [9.17, 15) is 0 Å². The van der Waals surface area contributed by atoms with Gasteiger partial charge in [0.25, 0.3) is 0 Å². The van der Waals surface area contributed by atoms with Crippen molar-refractivity contribution in [3.05, 3.63) is 40.9 Å². The lowest BCUT2D eigenvalue weighted by Crippen LogP contribution is -2.47. The summed E-state index contributed by atoms with van der Waals surface area (Å²) in [5, 5.41) is 4.39. The zero-order chi connectivity index (χ0) is 15.5. The first-order chi connectivity index (χ1) is 10.7. The van der Waals surface area contributed by atoms with Crippen molar-refractivity contribution in [2.45, 2.75) is 27.1 Å². The number of anilines is 1. The van der Waals surface area contributed by atoms with E-state index in [1.807, 2.05) is 15.6 Å². The van der Waals surface area contributed by atoms with Crippen LogP contribution in [0.25, 0.3) is 0 Å². The molecule has 1 aromatic heterocycles. The van der Waals surface area contributed by atoms with Crippen molar-refractivity contribution >= 4 is 17.9 Å². The first kappa shape index (κ1) is 15.2. The summed E-state index contributed by atoms with van der Waals surface area (Å²) in [4.78, 5) is 4.86. The van der Waals surface area contributed by atoms with E-state index in [1.165, 1.54) is 11.3 Å². The number of piperazine rings is 1. The highest BCUT2D eigenvalue weighted by atomic mass is 32.1. The van der Waals surface area contributed by atoms with Crippen molar-refractivity contribution in [2.24, 2.45) is 0 Å². The Morgan fingerprint density at radius 3 is 2.59 bits per heavy atom. The third kappa shape index (κ3) is 3.23. The summed E-state index contributed by atoms with van der Waals surface area (Å²) in [6.07, 6.45) is 1.82. The van der Waals surface area contributed by atoms with Crippen LogP contribution in [0.5, 0.6) is 0 Å². The second-order valence-corrected chi connectivity index (χ2v) is 6.15. The maximum absolute atomic E-state index is 5.43. The average molecular weight is 317 g/mol. The molecule has 2 heterocycles. The number of rotatable bonds is 4. The molecule has 0 radical (unpaired) electrons. The Bertz CT molecular complexity index is 682. The predicted octanol–water partition coefficient (Wildman–Crippen LogP) is 2.52. The van der Waals surface area contributed by atoms with Gasteiger partial charge in [-0.15, -0.1) is 0 Å². The molecule has 0 aliphatic carbocycles. The van der Waals surface area contributed by atoms with E-state index in [-0.39, 0.29) is 0 Å². The predicted molar refractivity (Wildman–Crippen MR) is 91.7 cm³/mol. The molecule has 0 atom stereocenters. The largest absolute Gasteiger partial charge is 0.369 e. The van der Waals surface area contributed by atoms with Gasteiger partial charge >= 0.3 is 0 Å². The summed E-state index contributed by atoms with van der Waals surface area (Å²) in [6, 6.07) is 8.73. The van der Waals surface area contributed by atoms with Crippen molar-refractivity contribution in [1.29, 1.82) is 0 Å². The van der Waals surface area contributed by atoms with Crippen molar-refractivity contribution in [2.75, 3.05) is 31.1 Å². The second kappa shape index (κ2) is 6.62. The van der Waals surface area contributed by atoms with Gasteiger partial charge in [0.05, 0.1) is 6.67 Å². The Morgan fingerprint density at radius 1 is 1.18 bits per heavy atom. The van der Waals surface area contributed by atoms with Crippen molar-refractivity contribution < 1.29 is 0 Å². The normalized spacial score (nSPS) is 16.2. The van der Waals surface area contributed by atoms with Crippen LogP contribution in [0.1, 0.15) is 12.5 Å². The van der Waals surface area contributed by atoms with Gasteiger partial charge < -0.3 is 9.47 Å². The van der Waals surface area contributed by atoms with Crippen LogP contribution in [0.4, 0.5) is 5.69 Å². The van der Waals surface area contributed by atoms with Gasteiger partial charge in [0.2, 0.25) is 0 Å². The Kier molecular flexibility index (Phi) is 4.59. The van der Waals surface area contributed by atoms with E-state index in [0.29, 0.717) is 0 Å². The lowest BCUT2D eigenvalue weighted by Gasteiger charge is -2.36. The van der Waals surface area contributed by atoms with E-state index in [2.05, 4.69) is 53.0 Å². The van der Waals surface area contributed by atoms with Gasteiger partial charge in [-0.1, -0.05) is 12.1 Å². The first-order valence-corrected chi connectivity index (χ1v) is 8.24. The average Bonchev–Trinajstić information content (AvgIpc) is 2.88. The van der Waals surface area contributed by atoms with Gasteiger partial charge in [-0.2, -0.15) is 5.10 Å². The topological polar surface area (TPSA) is 29.2 Å². The monoisotopic (exact) mass is 317 g/mol. The van der Waals surface area contributed by atoms with Crippen LogP contribution in [-0.4, -0.2) is 45.4 Å². The fourth-order valence-corrected chi connectivity index (χ4v) is 3.13. The van der Waals surface area contributed by atoms with Crippen LogP contribution < -0.4 is 4.90 Å². The van der Waals surface area contributed by atoms with Crippen LogP contribution in [0.3, 0.4) is 0 Å². The highest BCUT2D eigenvalue weighted by molar-refractivity contribution is 7.71. The van der Waals surface area contributed by atoms with Gasteiger partial charge in [0.1, 0.15) is 6.33 Å². The van der Waals surface area contributed by atoms with Crippen LogP contribution in [-0.2, 0) is 13.2 Å². The molecule has 22 heavy (non-hydrogen) atoms. The molecule has 118 valence electrons. The summed E-state index contributed by atoms with van der Waals surface area (Å²) in [5.41, 5.74) is 2.64. The van der Waals surface area contributed by atoms with Gasteiger partial charge in [-0.05, 0) is 43.8 Å². The zero-order valence-electron chi connectivity index (χ0n) is 13.3. The molecule has 6 heteroatoms. The highest BCUT2D eigenvalue weighted by Gasteiger charge is 2.18. The minimum Gasteiger partial charge on any atom is -0.369 e. The van der Waals surface area contributed by atoms with Crippen LogP contribution in [0.15, 0.2) is 30.6 Å². The van der Waals surface area contributed by atoms with Crippen molar-refractivity contribution in [3.8, 4) is 0 Å². The smallest absolute Gasteiger partial charge is 0.198 e. The van der Waals surface area contributed by atoms with Crippen LogP contribution in [0, 0.1) is 11.7 Å².